The van der Waals surface area contributed by atoms with Crippen LogP contribution in [0.2, 0.25) is 0 Å². The van der Waals surface area contributed by atoms with Crippen LogP contribution in [0.5, 0.6) is 0 Å². The van der Waals surface area contributed by atoms with Gasteiger partial charge in [0.1, 0.15) is 4.21 Å². The third-order valence-corrected chi connectivity index (χ3v) is 7.66. The van der Waals surface area contributed by atoms with Crippen LogP contribution in [-0.2, 0) is 14.6 Å². The number of unbranched alkanes of at least 4 members (excludes halogenated alkanes) is 1. The molecule has 12 heteroatoms. The van der Waals surface area contributed by atoms with Gasteiger partial charge < -0.3 is 5.32 Å². The van der Waals surface area contributed by atoms with Crippen LogP contribution >= 0.6 is 11.3 Å². The third-order valence-electron chi connectivity index (χ3n) is 4.52. The number of benzene rings is 2. The van der Waals surface area contributed by atoms with Crippen molar-refractivity contribution in [3.63, 3.8) is 0 Å². The Morgan fingerprint density at radius 1 is 1.06 bits per heavy atom. The molecular formula is C21H20N4O6S2. The molecule has 2 N–H and O–H groups in total. The van der Waals surface area contributed by atoms with E-state index in [1.807, 2.05) is 6.92 Å². The second kappa shape index (κ2) is 10.3. The summed E-state index contributed by atoms with van der Waals surface area (Å²) >= 11 is 0.765. The number of rotatable bonds is 9. The minimum Gasteiger partial charge on any atom is -0.326 e. The van der Waals surface area contributed by atoms with Gasteiger partial charge >= 0.3 is 0 Å². The van der Waals surface area contributed by atoms with Crippen molar-refractivity contribution in [2.45, 2.75) is 35.3 Å². The van der Waals surface area contributed by atoms with E-state index in [4.69, 9.17) is 0 Å². The minimum atomic E-state index is -3.94. The van der Waals surface area contributed by atoms with Gasteiger partial charge in [0.25, 0.3) is 11.6 Å². The molecule has 2 aromatic carbocycles. The lowest BCUT2D eigenvalue weighted by molar-refractivity contribution is -0.384. The van der Waals surface area contributed by atoms with E-state index in [0.29, 0.717) is 17.7 Å². The van der Waals surface area contributed by atoms with Gasteiger partial charge in [-0.05, 0) is 42.8 Å². The van der Waals surface area contributed by atoms with Crippen LogP contribution in [0.3, 0.4) is 0 Å². The lowest BCUT2D eigenvalue weighted by Crippen LogP contribution is -2.13. The third kappa shape index (κ3) is 5.99. The fourth-order valence-electron chi connectivity index (χ4n) is 2.74. The van der Waals surface area contributed by atoms with E-state index in [-0.39, 0.29) is 25.8 Å². The van der Waals surface area contributed by atoms with E-state index in [2.05, 4.69) is 15.6 Å². The Morgan fingerprint density at radius 3 is 2.33 bits per heavy atom. The maximum absolute atomic E-state index is 12.7. The molecule has 2 amide bonds. The Bertz CT molecular complexity index is 1270. The zero-order valence-corrected chi connectivity index (χ0v) is 19.1. The highest BCUT2D eigenvalue weighted by molar-refractivity contribution is 7.93. The quantitative estimate of drug-likeness (QED) is 0.337. The largest absolute Gasteiger partial charge is 0.326 e. The Labute approximate surface area is 193 Å². The molecule has 0 fully saturated rings. The van der Waals surface area contributed by atoms with Crippen LogP contribution in [0, 0.1) is 10.1 Å². The summed E-state index contributed by atoms with van der Waals surface area (Å²) in [6.45, 7) is 2.00. The summed E-state index contributed by atoms with van der Waals surface area (Å²) in [5.41, 5.74) is 0.646. The lowest BCUT2D eigenvalue weighted by Gasteiger charge is -2.06. The lowest BCUT2D eigenvalue weighted by atomic mass is 10.2. The number of carbonyl (C=O) groups excluding carboxylic acids is 2. The Hall–Kier alpha value is -3.64. The fourth-order valence-corrected chi connectivity index (χ4v) is 5.17. The van der Waals surface area contributed by atoms with Crippen LogP contribution in [0.1, 0.15) is 36.5 Å². The van der Waals surface area contributed by atoms with Gasteiger partial charge in [0.05, 0.1) is 16.0 Å². The molecule has 0 atom stereocenters. The van der Waals surface area contributed by atoms with Crippen LogP contribution < -0.4 is 10.6 Å². The van der Waals surface area contributed by atoms with Gasteiger partial charge in [0.15, 0.2) is 5.13 Å². The van der Waals surface area contributed by atoms with Crippen molar-refractivity contribution in [2.24, 2.45) is 0 Å². The van der Waals surface area contributed by atoms with Crippen molar-refractivity contribution in [3.05, 3.63) is 70.4 Å². The molecule has 1 heterocycles. The Balaban J connectivity index is 1.66. The molecule has 0 saturated carbocycles. The van der Waals surface area contributed by atoms with Crippen LogP contribution in [-0.4, -0.2) is 30.1 Å². The number of carbonyl (C=O) groups is 2. The topological polar surface area (TPSA) is 148 Å². The van der Waals surface area contributed by atoms with Crippen molar-refractivity contribution >= 4 is 49.5 Å². The van der Waals surface area contributed by atoms with Gasteiger partial charge in [-0.1, -0.05) is 24.7 Å². The average Bonchev–Trinajstić information content (AvgIpc) is 3.27. The second-order valence-electron chi connectivity index (χ2n) is 6.92. The molecule has 0 radical (unpaired) electrons. The first-order valence-corrected chi connectivity index (χ1v) is 12.2. The number of nitro groups is 1. The Morgan fingerprint density at radius 2 is 1.73 bits per heavy atom. The summed E-state index contributed by atoms with van der Waals surface area (Å²) in [5, 5.41) is 16.1. The molecule has 10 nitrogen and oxygen atoms in total. The number of nitro benzene ring substituents is 1. The van der Waals surface area contributed by atoms with Gasteiger partial charge in [-0.25, -0.2) is 13.4 Å². The smallest absolute Gasteiger partial charge is 0.269 e. The van der Waals surface area contributed by atoms with E-state index in [0.717, 1.165) is 54.6 Å². The maximum atomic E-state index is 12.7. The number of thiazole rings is 1. The second-order valence-corrected chi connectivity index (χ2v) is 10.1. The molecule has 0 aliphatic rings. The first-order valence-electron chi connectivity index (χ1n) is 9.87. The van der Waals surface area contributed by atoms with Gasteiger partial charge in [-0.2, -0.15) is 0 Å². The van der Waals surface area contributed by atoms with E-state index >= 15 is 0 Å². The zero-order valence-electron chi connectivity index (χ0n) is 17.5. The first-order chi connectivity index (χ1) is 15.7. The molecular weight excluding hydrogens is 468 g/mol. The number of hydrogen-bond acceptors (Lipinski definition) is 8. The monoisotopic (exact) mass is 488 g/mol. The Kier molecular flexibility index (Phi) is 7.51. The predicted molar refractivity (Wildman–Crippen MR) is 123 cm³/mol. The van der Waals surface area contributed by atoms with E-state index in [1.165, 1.54) is 12.1 Å². The number of hydrogen-bond donors (Lipinski definition) is 2. The van der Waals surface area contributed by atoms with Gasteiger partial charge in [0, 0.05) is 29.8 Å². The number of anilines is 2. The minimum absolute atomic E-state index is 0.0810. The van der Waals surface area contributed by atoms with E-state index in [9.17, 15) is 28.1 Å². The van der Waals surface area contributed by atoms with Gasteiger partial charge in [-0.3, -0.25) is 25.0 Å². The van der Waals surface area contributed by atoms with Crippen molar-refractivity contribution in [1.29, 1.82) is 0 Å². The molecule has 3 rings (SSSR count). The SMILES string of the molecule is CCCCC(=O)Nc1ccc(C(=O)Nc2ncc(S(=O)(=O)c3ccc([N+](=O)[O-])cc3)s2)cc1. The van der Waals surface area contributed by atoms with Gasteiger partial charge in [-0.15, -0.1) is 0 Å². The first kappa shape index (κ1) is 24.0. The van der Waals surface area contributed by atoms with Crippen molar-refractivity contribution in [2.75, 3.05) is 10.6 Å². The molecule has 172 valence electrons. The summed E-state index contributed by atoms with van der Waals surface area (Å²) in [6, 6.07) is 10.8. The molecule has 0 spiro atoms. The van der Waals surface area contributed by atoms with Crippen molar-refractivity contribution < 1.29 is 22.9 Å². The number of nitrogens with one attached hydrogen (secondary N) is 2. The standard InChI is InChI=1S/C21H20N4O6S2/c1-2-3-4-18(26)23-15-7-5-14(6-8-15)20(27)24-21-22-13-19(32-21)33(30,31)17-11-9-16(10-12-17)25(28)29/h5-13H,2-4H2,1H3,(H,23,26)(H,22,24,27). The highest BCUT2D eigenvalue weighted by Crippen LogP contribution is 2.29. The normalized spacial score (nSPS) is 11.1. The fraction of sp³-hybridized carbons (Fsp3) is 0.190. The molecule has 3 aromatic rings. The molecule has 0 saturated heterocycles. The van der Waals surface area contributed by atoms with Crippen molar-refractivity contribution in [3.8, 4) is 0 Å². The number of non-ortho nitro benzene ring substituents is 1. The molecule has 0 aliphatic heterocycles. The maximum Gasteiger partial charge on any atom is 0.269 e. The van der Waals surface area contributed by atoms with E-state index < -0.39 is 20.7 Å². The summed E-state index contributed by atoms with van der Waals surface area (Å²) in [6.07, 6.45) is 3.25. The van der Waals surface area contributed by atoms with Crippen LogP contribution in [0.4, 0.5) is 16.5 Å². The summed E-state index contributed by atoms with van der Waals surface area (Å²) < 4.78 is 25.3. The molecule has 1 aromatic heterocycles. The molecule has 0 bridgehead atoms. The van der Waals surface area contributed by atoms with Crippen LogP contribution in [0.15, 0.2) is 63.8 Å². The van der Waals surface area contributed by atoms with E-state index in [1.54, 1.807) is 12.1 Å². The summed E-state index contributed by atoms with van der Waals surface area (Å²) in [7, 11) is -3.94. The number of aromatic nitrogens is 1. The summed E-state index contributed by atoms with van der Waals surface area (Å²) in [5.74, 6) is -0.592. The molecule has 33 heavy (non-hydrogen) atoms. The molecule has 0 aliphatic carbocycles. The van der Waals surface area contributed by atoms with Gasteiger partial charge in [0.2, 0.25) is 15.7 Å². The highest BCUT2D eigenvalue weighted by Gasteiger charge is 2.22. The van der Waals surface area contributed by atoms with Crippen LogP contribution in [0.25, 0.3) is 0 Å². The number of sulfone groups is 1. The zero-order chi connectivity index (χ0) is 24.0. The summed E-state index contributed by atoms with van der Waals surface area (Å²) in [4.78, 5) is 38.2. The predicted octanol–water partition coefficient (Wildman–Crippen LogP) is 4.27. The van der Waals surface area contributed by atoms with Crippen molar-refractivity contribution in [1.82, 2.24) is 4.98 Å². The highest BCUT2D eigenvalue weighted by atomic mass is 32.2. The number of nitrogens with zero attached hydrogens (tertiary/aromatic N) is 2. The molecule has 0 unspecified atom stereocenters. The number of amides is 2. The average molecular weight is 489 g/mol.